The molecule has 0 radical (unpaired) electrons. The van der Waals surface area contributed by atoms with Crippen LogP contribution >= 0.6 is 0 Å². The lowest BCUT2D eigenvalue weighted by Crippen LogP contribution is -2.13. The largest absolute Gasteiger partial charge is 0.387 e. The van der Waals surface area contributed by atoms with Crippen LogP contribution in [-0.2, 0) is 0 Å². The summed E-state index contributed by atoms with van der Waals surface area (Å²) in [4.78, 5) is 0. The number of hydrogen-bond donors (Lipinski definition) is 2. The molecule has 0 aliphatic carbocycles. The molecule has 2 heteroatoms. The maximum absolute atomic E-state index is 10.2. The molecule has 2 N–H and O–H groups in total. The van der Waals surface area contributed by atoms with Gasteiger partial charge < -0.3 is 10.4 Å². The van der Waals surface area contributed by atoms with E-state index in [1.807, 2.05) is 37.3 Å². The van der Waals surface area contributed by atoms with Crippen molar-refractivity contribution < 1.29 is 5.11 Å². The predicted molar refractivity (Wildman–Crippen MR) is 85.2 cm³/mol. The summed E-state index contributed by atoms with van der Waals surface area (Å²) in [6.07, 6.45) is -0.490. The molecule has 2 rings (SSSR count). The van der Waals surface area contributed by atoms with E-state index in [1.165, 1.54) is 11.1 Å². The Labute approximate surface area is 121 Å². The Morgan fingerprint density at radius 3 is 2.30 bits per heavy atom. The molecule has 2 aromatic carbocycles. The fourth-order valence-electron chi connectivity index (χ4n) is 2.27. The summed E-state index contributed by atoms with van der Waals surface area (Å²) < 4.78 is 0. The molecule has 0 saturated carbocycles. The zero-order valence-electron chi connectivity index (χ0n) is 12.4. The monoisotopic (exact) mass is 269 g/mol. The minimum Gasteiger partial charge on any atom is -0.387 e. The number of aliphatic hydroxyl groups is 1. The number of nitrogens with one attached hydrogen (secondary N) is 1. The highest BCUT2D eigenvalue weighted by Crippen LogP contribution is 2.24. The zero-order valence-corrected chi connectivity index (χ0v) is 12.4. The van der Waals surface area contributed by atoms with Crippen LogP contribution < -0.4 is 5.32 Å². The van der Waals surface area contributed by atoms with E-state index >= 15 is 0 Å². The molecule has 0 aliphatic heterocycles. The summed E-state index contributed by atoms with van der Waals surface area (Å²) >= 11 is 0. The molecule has 0 heterocycles. The fourth-order valence-corrected chi connectivity index (χ4v) is 2.27. The van der Waals surface area contributed by atoms with Crippen molar-refractivity contribution >= 4 is 5.69 Å². The number of aryl methyl sites for hydroxylation is 1. The first-order chi connectivity index (χ1) is 9.58. The maximum Gasteiger partial charge on any atom is 0.0962 e. The lowest BCUT2D eigenvalue weighted by atomic mass is 10.0. The van der Waals surface area contributed by atoms with E-state index in [-0.39, 0.29) is 0 Å². The van der Waals surface area contributed by atoms with E-state index in [0.29, 0.717) is 12.5 Å². The summed E-state index contributed by atoms with van der Waals surface area (Å²) in [5.41, 5.74) is 4.54. The Balaban J connectivity index is 2.03. The molecular weight excluding hydrogens is 246 g/mol. The van der Waals surface area contributed by atoms with Gasteiger partial charge in [-0.25, -0.2) is 0 Å². The smallest absolute Gasteiger partial charge is 0.0962 e. The molecule has 0 saturated heterocycles. The van der Waals surface area contributed by atoms with Gasteiger partial charge >= 0.3 is 0 Å². The van der Waals surface area contributed by atoms with Gasteiger partial charge in [0.15, 0.2) is 0 Å². The highest BCUT2D eigenvalue weighted by Gasteiger charge is 2.09. The number of para-hydroxylation sites is 1. The first-order valence-electron chi connectivity index (χ1n) is 7.15. The Kier molecular flexibility index (Phi) is 4.80. The summed E-state index contributed by atoms with van der Waals surface area (Å²) in [5, 5.41) is 13.6. The second-order valence-electron chi connectivity index (χ2n) is 5.55. The van der Waals surface area contributed by atoms with Crippen molar-refractivity contribution in [2.45, 2.75) is 32.8 Å². The minimum absolute atomic E-state index is 0.468. The standard InChI is InChI=1S/C18H23NO/c1-13(2)16-6-4-5-7-17(16)19-12-18(20)15-10-8-14(3)9-11-15/h4-11,13,18-20H,12H2,1-3H3. The quantitative estimate of drug-likeness (QED) is 0.850. The molecule has 1 unspecified atom stereocenters. The van der Waals surface area contributed by atoms with Gasteiger partial charge in [-0.3, -0.25) is 0 Å². The van der Waals surface area contributed by atoms with Gasteiger partial charge in [-0.05, 0) is 30.0 Å². The first-order valence-corrected chi connectivity index (χ1v) is 7.15. The molecule has 2 nitrogen and oxygen atoms in total. The van der Waals surface area contributed by atoms with Crippen LogP contribution in [0.1, 0.15) is 42.6 Å². The SMILES string of the molecule is Cc1ccc(C(O)CNc2ccccc2C(C)C)cc1. The third kappa shape index (κ3) is 3.61. The van der Waals surface area contributed by atoms with Crippen LogP contribution in [0.3, 0.4) is 0 Å². The number of rotatable bonds is 5. The Hall–Kier alpha value is -1.80. The zero-order chi connectivity index (χ0) is 14.5. The molecule has 0 fully saturated rings. The molecule has 20 heavy (non-hydrogen) atoms. The van der Waals surface area contributed by atoms with E-state index in [4.69, 9.17) is 0 Å². The van der Waals surface area contributed by atoms with Crippen molar-refractivity contribution in [1.29, 1.82) is 0 Å². The Morgan fingerprint density at radius 1 is 1.00 bits per heavy atom. The van der Waals surface area contributed by atoms with Crippen molar-refractivity contribution in [2.24, 2.45) is 0 Å². The molecule has 2 aromatic rings. The van der Waals surface area contributed by atoms with Crippen molar-refractivity contribution in [1.82, 2.24) is 0 Å². The normalized spacial score (nSPS) is 12.4. The van der Waals surface area contributed by atoms with Crippen LogP contribution in [0.4, 0.5) is 5.69 Å². The molecule has 0 aliphatic rings. The van der Waals surface area contributed by atoms with Gasteiger partial charge in [0, 0.05) is 12.2 Å². The van der Waals surface area contributed by atoms with Crippen molar-refractivity contribution in [3.63, 3.8) is 0 Å². The van der Waals surface area contributed by atoms with E-state index < -0.39 is 6.10 Å². The summed E-state index contributed by atoms with van der Waals surface area (Å²) in [5.74, 6) is 0.468. The number of hydrogen-bond acceptors (Lipinski definition) is 2. The summed E-state index contributed by atoms with van der Waals surface area (Å²) in [6.45, 7) is 6.92. The maximum atomic E-state index is 10.2. The van der Waals surface area contributed by atoms with Gasteiger partial charge in [0.2, 0.25) is 0 Å². The third-order valence-electron chi connectivity index (χ3n) is 3.53. The summed E-state index contributed by atoms with van der Waals surface area (Å²) in [6, 6.07) is 16.3. The third-order valence-corrected chi connectivity index (χ3v) is 3.53. The summed E-state index contributed by atoms with van der Waals surface area (Å²) in [7, 11) is 0. The van der Waals surface area contributed by atoms with Gasteiger partial charge in [-0.2, -0.15) is 0 Å². The van der Waals surface area contributed by atoms with Crippen LogP contribution in [-0.4, -0.2) is 11.7 Å². The van der Waals surface area contributed by atoms with E-state index in [0.717, 1.165) is 11.3 Å². The molecule has 1 atom stereocenters. The van der Waals surface area contributed by atoms with Gasteiger partial charge in [-0.15, -0.1) is 0 Å². The van der Waals surface area contributed by atoms with Gasteiger partial charge in [0.25, 0.3) is 0 Å². The molecule has 106 valence electrons. The topological polar surface area (TPSA) is 32.3 Å². The number of benzene rings is 2. The van der Waals surface area contributed by atoms with Crippen LogP contribution in [0.5, 0.6) is 0 Å². The van der Waals surface area contributed by atoms with Crippen molar-refractivity contribution in [3.8, 4) is 0 Å². The molecule has 0 aromatic heterocycles. The van der Waals surface area contributed by atoms with Gasteiger partial charge in [-0.1, -0.05) is 61.9 Å². The Bertz CT molecular complexity index is 546. The molecule has 0 spiro atoms. The average molecular weight is 269 g/mol. The minimum atomic E-state index is -0.490. The van der Waals surface area contributed by atoms with E-state index in [9.17, 15) is 5.11 Å². The van der Waals surface area contributed by atoms with Crippen LogP contribution in [0.15, 0.2) is 48.5 Å². The van der Waals surface area contributed by atoms with Crippen LogP contribution in [0.2, 0.25) is 0 Å². The highest BCUT2D eigenvalue weighted by atomic mass is 16.3. The molecule has 0 bridgehead atoms. The fraction of sp³-hybridized carbons (Fsp3) is 0.333. The highest BCUT2D eigenvalue weighted by molar-refractivity contribution is 5.52. The Morgan fingerprint density at radius 2 is 1.65 bits per heavy atom. The van der Waals surface area contributed by atoms with Gasteiger partial charge in [0.1, 0.15) is 0 Å². The average Bonchev–Trinajstić information content (AvgIpc) is 2.45. The van der Waals surface area contributed by atoms with Gasteiger partial charge in [0.05, 0.1) is 6.10 Å². The number of anilines is 1. The number of aliphatic hydroxyl groups excluding tert-OH is 1. The second-order valence-corrected chi connectivity index (χ2v) is 5.55. The van der Waals surface area contributed by atoms with Crippen molar-refractivity contribution in [3.05, 3.63) is 65.2 Å². The van der Waals surface area contributed by atoms with Crippen LogP contribution in [0.25, 0.3) is 0 Å². The van der Waals surface area contributed by atoms with E-state index in [1.54, 1.807) is 0 Å². The first kappa shape index (κ1) is 14.6. The lowest BCUT2D eigenvalue weighted by Gasteiger charge is -2.17. The lowest BCUT2D eigenvalue weighted by molar-refractivity contribution is 0.191. The van der Waals surface area contributed by atoms with Crippen LogP contribution in [0, 0.1) is 6.92 Å². The van der Waals surface area contributed by atoms with Crippen molar-refractivity contribution in [2.75, 3.05) is 11.9 Å². The van der Waals surface area contributed by atoms with E-state index in [2.05, 4.69) is 37.4 Å². The molecule has 0 amide bonds. The predicted octanol–water partition coefficient (Wildman–Crippen LogP) is 4.26. The molecular formula is C18H23NO. The second kappa shape index (κ2) is 6.58.